The van der Waals surface area contributed by atoms with Crippen molar-refractivity contribution >= 4 is 15.9 Å². The highest BCUT2D eigenvalue weighted by molar-refractivity contribution is 9.10. The molecule has 3 rings (SSSR count). The number of nitrogens with one attached hydrogen (secondary N) is 1. The van der Waals surface area contributed by atoms with E-state index >= 15 is 0 Å². The average Bonchev–Trinajstić information content (AvgIpc) is 3.07. The van der Waals surface area contributed by atoms with Gasteiger partial charge in [-0.25, -0.2) is 4.98 Å². The normalized spacial score (nSPS) is 12.6. The Labute approximate surface area is 124 Å². The SMILES string of the molecule is Cc1ccc([C@@H](N)c2nc(-c3ccc(Br)o3)n[nH]2)cc1. The van der Waals surface area contributed by atoms with Crippen LogP contribution in [0.5, 0.6) is 0 Å². The highest BCUT2D eigenvalue weighted by Crippen LogP contribution is 2.24. The van der Waals surface area contributed by atoms with Crippen molar-refractivity contribution in [1.82, 2.24) is 15.2 Å². The summed E-state index contributed by atoms with van der Waals surface area (Å²) in [6.45, 7) is 2.04. The average molecular weight is 333 g/mol. The summed E-state index contributed by atoms with van der Waals surface area (Å²) in [5.74, 6) is 1.69. The quantitative estimate of drug-likeness (QED) is 0.771. The van der Waals surface area contributed by atoms with Crippen LogP contribution in [0.25, 0.3) is 11.6 Å². The number of aryl methyl sites for hydroxylation is 1. The van der Waals surface area contributed by atoms with Gasteiger partial charge in [-0.2, -0.15) is 0 Å². The maximum absolute atomic E-state index is 6.19. The lowest BCUT2D eigenvalue weighted by Crippen LogP contribution is -2.13. The van der Waals surface area contributed by atoms with Crippen molar-refractivity contribution in [2.75, 3.05) is 0 Å². The van der Waals surface area contributed by atoms with Crippen molar-refractivity contribution in [3.63, 3.8) is 0 Å². The molecule has 0 saturated carbocycles. The van der Waals surface area contributed by atoms with E-state index in [2.05, 4.69) is 31.1 Å². The molecule has 20 heavy (non-hydrogen) atoms. The van der Waals surface area contributed by atoms with Gasteiger partial charge in [-0.15, -0.1) is 5.10 Å². The van der Waals surface area contributed by atoms with Gasteiger partial charge in [-0.1, -0.05) is 29.8 Å². The number of hydrogen-bond acceptors (Lipinski definition) is 4. The number of H-pyrrole nitrogens is 1. The molecule has 0 aliphatic heterocycles. The Morgan fingerprint density at radius 3 is 2.60 bits per heavy atom. The van der Waals surface area contributed by atoms with Crippen molar-refractivity contribution in [2.45, 2.75) is 13.0 Å². The minimum Gasteiger partial charge on any atom is -0.446 e. The Morgan fingerprint density at radius 1 is 1.20 bits per heavy atom. The van der Waals surface area contributed by atoms with Crippen molar-refractivity contribution in [3.8, 4) is 11.6 Å². The number of halogens is 1. The van der Waals surface area contributed by atoms with Crippen molar-refractivity contribution in [3.05, 3.63) is 58.0 Å². The van der Waals surface area contributed by atoms with Crippen LogP contribution < -0.4 is 5.73 Å². The molecule has 0 aliphatic carbocycles. The molecule has 2 heterocycles. The number of nitrogens with zero attached hydrogens (tertiary/aromatic N) is 2. The molecule has 0 fully saturated rings. The fraction of sp³-hybridized carbons (Fsp3) is 0.143. The van der Waals surface area contributed by atoms with Crippen LogP contribution in [0, 0.1) is 6.92 Å². The van der Waals surface area contributed by atoms with Gasteiger partial charge in [0.1, 0.15) is 5.82 Å². The summed E-state index contributed by atoms with van der Waals surface area (Å²) >= 11 is 3.25. The zero-order valence-corrected chi connectivity index (χ0v) is 12.4. The van der Waals surface area contributed by atoms with Crippen LogP contribution >= 0.6 is 15.9 Å². The molecular weight excluding hydrogens is 320 g/mol. The Bertz CT molecular complexity index is 717. The van der Waals surface area contributed by atoms with Gasteiger partial charge in [0.15, 0.2) is 10.4 Å². The molecule has 1 atom stereocenters. The first kappa shape index (κ1) is 13.1. The third kappa shape index (κ3) is 2.52. The molecule has 102 valence electrons. The van der Waals surface area contributed by atoms with Gasteiger partial charge in [-0.3, -0.25) is 5.10 Å². The maximum Gasteiger partial charge on any atom is 0.217 e. The first-order valence-corrected chi connectivity index (χ1v) is 6.93. The molecule has 0 bridgehead atoms. The van der Waals surface area contributed by atoms with Gasteiger partial charge in [0, 0.05) is 0 Å². The molecule has 0 unspecified atom stereocenters. The van der Waals surface area contributed by atoms with Crippen LogP contribution in [0.1, 0.15) is 23.0 Å². The third-order valence-corrected chi connectivity index (χ3v) is 3.45. The van der Waals surface area contributed by atoms with E-state index in [-0.39, 0.29) is 6.04 Å². The number of furan rings is 1. The lowest BCUT2D eigenvalue weighted by atomic mass is 10.1. The Balaban J connectivity index is 1.88. The second kappa shape index (κ2) is 5.22. The predicted molar refractivity (Wildman–Crippen MR) is 79.0 cm³/mol. The van der Waals surface area contributed by atoms with Crippen LogP contribution in [-0.4, -0.2) is 15.2 Å². The first-order chi connectivity index (χ1) is 9.63. The Hall–Kier alpha value is -1.92. The smallest absolute Gasteiger partial charge is 0.217 e. The van der Waals surface area contributed by atoms with Crippen molar-refractivity contribution in [2.24, 2.45) is 5.73 Å². The fourth-order valence-corrected chi connectivity index (χ4v) is 2.20. The van der Waals surface area contributed by atoms with Gasteiger partial charge in [0.25, 0.3) is 0 Å². The molecule has 0 amide bonds. The number of benzene rings is 1. The van der Waals surface area contributed by atoms with Crippen LogP contribution in [0.2, 0.25) is 0 Å². The van der Waals surface area contributed by atoms with Gasteiger partial charge >= 0.3 is 0 Å². The van der Waals surface area contributed by atoms with E-state index < -0.39 is 0 Å². The zero-order chi connectivity index (χ0) is 14.1. The van der Waals surface area contributed by atoms with Crippen LogP contribution in [0.3, 0.4) is 0 Å². The lowest BCUT2D eigenvalue weighted by molar-refractivity contribution is 0.551. The first-order valence-electron chi connectivity index (χ1n) is 6.13. The molecule has 5 nitrogen and oxygen atoms in total. The summed E-state index contributed by atoms with van der Waals surface area (Å²) < 4.78 is 6.06. The second-order valence-corrected chi connectivity index (χ2v) is 5.32. The van der Waals surface area contributed by atoms with E-state index in [0.29, 0.717) is 22.1 Å². The second-order valence-electron chi connectivity index (χ2n) is 4.54. The lowest BCUT2D eigenvalue weighted by Gasteiger charge is -2.08. The summed E-state index contributed by atoms with van der Waals surface area (Å²) in [6.07, 6.45) is 0. The molecule has 0 saturated heterocycles. The topological polar surface area (TPSA) is 80.7 Å². The molecule has 1 aromatic carbocycles. The predicted octanol–water partition coefficient (Wildman–Crippen LogP) is 3.18. The summed E-state index contributed by atoms with van der Waals surface area (Å²) in [7, 11) is 0. The molecule has 3 aromatic rings. The summed E-state index contributed by atoms with van der Waals surface area (Å²) in [5.41, 5.74) is 8.37. The maximum atomic E-state index is 6.19. The Morgan fingerprint density at radius 2 is 1.95 bits per heavy atom. The highest BCUT2D eigenvalue weighted by atomic mass is 79.9. The molecule has 3 N–H and O–H groups in total. The van der Waals surface area contributed by atoms with E-state index in [1.807, 2.05) is 31.2 Å². The third-order valence-electron chi connectivity index (χ3n) is 3.03. The molecular formula is C14H13BrN4O. The number of nitrogens with two attached hydrogens (primary N) is 1. The van der Waals surface area contributed by atoms with E-state index in [1.54, 1.807) is 12.1 Å². The molecule has 0 radical (unpaired) electrons. The van der Waals surface area contributed by atoms with E-state index in [1.165, 1.54) is 5.56 Å². The van der Waals surface area contributed by atoms with Gasteiger partial charge < -0.3 is 10.2 Å². The van der Waals surface area contributed by atoms with Gasteiger partial charge in [-0.05, 0) is 40.5 Å². The summed E-state index contributed by atoms with van der Waals surface area (Å²) in [5, 5.41) is 7.00. The standard InChI is InChI=1S/C14H13BrN4O/c1-8-2-4-9(5-3-8)12(16)14-17-13(18-19-14)10-6-7-11(15)20-10/h2-7,12H,16H2,1H3,(H,17,18,19)/t12-/m1/s1. The molecule has 0 spiro atoms. The van der Waals surface area contributed by atoms with Gasteiger partial charge in [0.05, 0.1) is 6.04 Å². The van der Waals surface area contributed by atoms with Gasteiger partial charge in [0.2, 0.25) is 5.82 Å². The van der Waals surface area contributed by atoms with E-state index in [4.69, 9.17) is 10.2 Å². The summed E-state index contributed by atoms with van der Waals surface area (Å²) in [6, 6.07) is 11.3. The van der Waals surface area contributed by atoms with Crippen LogP contribution in [0.4, 0.5) is 0 Å². The van der Waals surface area contributed by atoms with Crippen molar-refractivity contribution in [1.29, 1.82) is 0 Å². The number of hydrogen-bond donors (Lipinski definition) is 2. The largest absolute Gasteiger partial charge is 0.446 e. The number of aromatic amines is 1. The van der Waals surface area contributed by atoms with Crippen molar-refractivity contribution < 1.29 is 4.42 Å². The molecule has 6 heteroatoms. The zero-order valence-electron chi connectivity index (χ0n) is 10.8. The van der Waals surface area contributed by atoms with E-state index in [0.717, 1.165) is 5.56 Å². The van der Waals surface area contributed by atoms with Crippen LogP contribution in [0.15, 0.2) is 45.5 Å². The minimum absolute atomic E-state index is 0.338. The Kier molecular flexibility index (Phi) is 3.42. The fourth-order valence-electron chi connectivity index (χ4n) is 1.89. The summed E-state index contributed by atoms with van der Waals surface area (Å²) in [4.78, 5) is 4.39. The number of rotatable bonds is 3. The number of aromatic nitrogens is 3. The minimum atomic E-state index is -0.338. The van der Waals surface area contributed by atoms with Crippen LogP contribution in [-0.2, 0) is 0 Å². The molecule has 0 aliphatic rings. The van der Waals surface area contributed by atoms with E-state index in [9.17, 15) is 0 Å². The monoisotopic (exact) mass is 332 g/mol. The highest BCUT2D eigenvalue weighted by Gasteiger charge is 2.16. The molecule has 2 aromatic heterocycles.